The number of carbonyl (C=O) groups excluding carboxylic acids is 1. The second-order valence-corrected chi connectivity index (χ2v) is 9.49. The molecule has 1 N–H and O–H groups in total. The molecular weight excluding hydrogens is 473 g/mol. The highest BCUT2D eigenvalue weighted by molar-refractivity contribution is 7.89. The topological polar surface area (TPSA) is 110 Å². The van der Waals surface area contributed by atoms with E-state index in [1.165, 1.54) is 42.5 Å². The Morgan fingerprint density at radius 2 is 1.79 bits per heavy atom. The number of rotatable bonds is 8. The predicted octanol–water partition coefficient (Wildman–Crippen LogP) is 4.53. The van der Waals surface area contributed by atoms with Gasteiger partial charge in [0.05, 0.1) is 16.4 Å². The van der Waals surface area contributed by atoms with Gasteiger partial charge in [-0.1, -0.05) is 41.4 Å². The number of sulfonamides is 1. The Hall–Kier alpha value is -3.34. The second kappa shape index (κ2) is 10.1. The summed E-state index contributed by atoms with van der Waals surface area (Å²) >= 11 is 6.08. The van der Waals surface area contributed by atoms with E-state index in [1.54, 1.807) is 19.1 Å². The van der Waals surface area contributed by atoms with Crippen molar-refractivity contribution in [1.82, 2.24) is 4.31 Å². The molecule has 0 saturated carbocycles. The molecule has 3 aromatic carbocycles. The Labute approximate surface area is 194 Å². The normalized spacial score (nSPS) is 11.4. The highest BCUT2D eigenvalue weighted by atomic mass is 35.5. The summed E-state index contributed by atoms with van der Waals surface area (Å²) in [4.78, 5) is 22.9. The first-order valence-electron chi connectivity index (χ1n) is 9.62. The van der Waals surface area contributed by atoms with Gasteiger partial charge in [-0.25, -0.2) is 12.8 Å². The van der Waals surface area contributed by atoms with Crippen molar-refractivity contribution in [1.29, 1.82) is 0 Å². The molecule has 0 fully saturated rings. The summed E-state index contributed by atoms with van der Waals surface area (Å²) in [7, 11) is -4.22. The lowest BCUT2D eigenvalue weighted by Gasteiger charge is -2.23. The van der Waals surface area contributed by atoms with Crippen LogP contribution in [0.2, 0.25) is 5.02 Å². The molecule has 0 saturated heterocycles. The monoisotopic (exact) mass is 491 g/mol. The Morgan fingerprint density at radius 3 is 2.42 bits per heavy atom. The van der Waals surface area contributed by atoms with Crippen LogP contribution in [0.15, 0.2) is 71.6 Å². The summed E-state index contributed by atoms with van der Waals surface area (Å²) in [5.41, 5.74) is 0.625. The summed E-state index contributed by atoms with van der Waals surface area (Å²) < 4.78 is 41.8. The second-order valence-electron chi connectivity index (χ2n) is 7.14. The minimum Gasteiger partial charge on any atom is -0.325 e. The van der Waals surface area contributed by atoms with E-state index in [9.17, 15) is 27.7 Å². The molecule has 0 aliphatic heterocycles. The van der Waals surface area contributed by atoms with Crippen molar-refractivity contribution in [2.45, 2.75) is 18.4 Å². The standard InChI is InChI=1S/C22H19ClFN3O5S/c1-15-8-10-18(11-9-15)33(31,32)26(13-19-20(23)6-3-7-21(19)24)14-22(28)25-16-4-2-5-17(12-16)27(29)30/h2-12H,13-14H2,1H3,(H,25,28). The maximum absolute atomic E-state index is 14.4. The van der Waals surface area contributed by atoms with Crippen LogP contribution in [0.3, 0.4) is 0 Å². The lowest BCUT2D eigenvalue weighted by molar-refractivity contribution is -0.384. The van der Waals surface area contributed by atoms with Gasteiger partial charge in [0, 0.05) is 35.0 Å². The number of nitro benzene ring substituents is 1. The third-order valence-corrected chi connectivity index (χ3v) is 6.88. The first-order chi connectivity index (χ1) is 15.6. The zero-order valence-electron chi connectivity index (χ0n) is 17.4. The van der Waals surface area contributed by atoms with Crippen molar-refractivity contribution in [3.8, 4) is 0 Å². The Balaban J connectivity index is 1.93. The number of nitrogens with zero attached hydrogens (tertiary/aromatic N) is 2. The molecule has 3 rings (SSSR count). The number of nitrogens with one attached hydrogen (secondary N) is 1. The van der Waals surface area contributed by atoms with Gasteiger partial charge < -0.3 is 5.32 Å². The maximum Gasteiger partial charge on any atom is 0.271 e. The number of non-ortho nitro benzene ring substituents is 1. The molecule has 0 unspecified atom stereocenters. The molecule has 1 amide bonds. The third kappa shape index (κ3) is 5.92. The van der Waals surface area contributed by atoms with Gasteiger partial charge in [0.1, 0.15) is 5.82 Å². The Kier molecular flexibility index (Phi) is 7.42. The number of benzene rings is 3. The van der Waals surface area contributed by atoms with Crippen LogP contribution in [0.4, 0.5) is 15.8 Å². The van der Waals surface area contributed by atoms with Crippen LogP contribution in [-0.2, 0) is 21.4 Å². The van der Waals surface area contributed by atoms with Gasteiger partial charge in [0.15, 0.2) is 0 Å². The first kappa shape index (κ1) is 24.3. The van der Waals surface area contributed by atoms with Gasteiger partial charge in [-0.15, -0.1) is 0 Å². The Bertz CT molecular complexity index is 1280. The SMILES string of the molecule is Cc1ccc(S(=O)(=O)N(CC(=O)Nc2cccc([N+](=O)[O-])c2)Cc2c(F)cccc2Cl)cc1. The highest BCUT2D eigenvalue weighted by Gasteiger charge is 2.28. The van der Waals surface area contributed by atoms with E-state index in [2.05, 4.69) is 5.32 Å². The van der Waals surface area contributed by atoms with E-state index in [1.807, 2.05) is 0 Å². The number of hydrogen-bond acceptors (Lipinski definition) is 5. The van der Waals surface area contributed by atoms with E-state index >= 15 is 0 Å². The molecular formula is C22H19ClFN3O5S. The van der Waals surface area contributed by atoms with Gasteiger partial charge in [0.2, 0.25) is 15.9 Å². The van der Waals surface area contributed by atoms with Gasteiger partial charge in [-0.05, 0) is 37.3 Å². The van der Waals surface area contributed by atoms with E-state index in [4.69, 9.17) is 11.6 Å². The molecule has 3 aromatic rings. The zero-order valence-corrected chi connectivity index (χ0v) is 18.9. The number of amides is 1. The molecule has 8 nitrogen and oxygen atoms in total. The molecule has 0 spiro atoms. The lowest BCUT2D eigenvalue weighted by atomic mass is 10.2. The first-order valence-corrected chi connectivity index (χ1v) is 11.4. The third-order valence-electron chi connectivity index (χ3n) is 4.72. The van der Waals surface area contributed by atoms with Gasteiger partial charge >= 0.3 is 0 Å². The van der Waals surface area contributed by atoms with E-state index < -0.39 is 39.8 Å². The molecule has 0 bridgehead atoms. The molecule has 0 aliphatic carbocycles. The molecule has 0 atom stereocenters. The number of hydrogen-bond donors (Lipinski definition) is 1. The maximum atomic E-state index is 14.4. The van der Waals surface area contributed by atoms with Crippen molar-refractivity contribution >= 4 is 38.9 Å². The Morgan fingerprint density at radius 1 is 1.12 bits per heavy atom. The molecule has 0 aliphatic rings. The average molecular weight is 492 g/mol. The van der Waals surface area contributed by atoms with Crippen molar-refractivity contribution in [2.24, 2.45) is 0 Å². The van der Waals surface area contributed by atoms with Crippen LogP contribution in [0.1, 0.15) is 11.1 Å². The van der Waals surface area contributed by atoms with Crippen LogP contribution in [-0.4, -0.2) is 30.1 Å². The number of nitro groups is 1. The summed E-state index contributed by atoms with van der Waals surface area (Å²) in [6.45, 7) is 0.618. The zero-order chi connectivity index (χ0) is 24.2. The minimum atomic E-state index is -4.22. The van der Waals surface area contributed by atoms with Gasteiger partial charge in [-0.2, -0.15) is 4.31 Å². The minimum absolute atomic E-state index is 0.0122. The molecule has 33 heavy (non-hydrogen) atoms. The highest BCUT2D eigenvalue weighted by Crippen LogP contribution is 2.25. The van der Waals surface area contributed by atoms with Crippen molar-refractivity contribution < 1.29 is 22.5 Å². The fourth-order valence-corrected chi connectivity index (χ4v) is 4.59. The summed E-state index contributed by atoms with van der Waals surface area (Å²) in [6, 6.07) is 15.1. The molecule has 0 aromatic heterocycles. The average Bonchev–Trinajstić information content (AvgIpc) is 2.76. The van der Waals surface area contributed by atoms with Crippen molar-refractivity contribution in [3.05, 3.63) is 98.8 Å². The number of carbonyl (C=O) groups is 1. The fourth-order valence-electron chi connectivity index (χ4n) is 3.00. The molecule has 0 heterocycles. The molecule has 0 radical (unpaired) electrons. The van der Waals surface area contributed by atoms with E-state index in [-0.39, 0.29) is 26.9 Å². The summed E-state index contributed by atoms with van der Waals surface area (Å²) in [5.74, 6) is -1.48. The van der Waals surface area contributed by atoms with Crippen molar-refractivity contribution in [3.63, 3.8) is 0 Å². The van der Waals surface area contributed by atoms with Crippen molar-refractivity contribution in [2.75, 3.05) is 11.9 Å². The largest absolute Gasteiger partial charge is 0.325 e. The smallest absolute Gasteiger partial charge is 0.271 e. The number of aryl methyl sites for hydroxylation is 1. The van der Waals surface area contributed by atoms with Crippen LogP contribution in [0, 0.1) is 22.9 Å². The van der Waals surface area contributed by atoms with Gasteiger partial charge in [-0.3, -0.25) is 14.9 Å². The van der Waals surface area contributed by atoms with Crippen LogP contribution in [0.25, 0.3) is 0 Å². The molecule has 172 valence electrons. The van der Waals surface area contributed by atoms with Crippen LogP contribution >= 0.6 is 11.6 Å². The van der Waals surface area contributed by atoms with E-state index in [0.717, 1.165) is 22.0 Å². The van der Waals surface area contributed by atoms with Crippen LogP contribution in [0.5, 0.6) is 0 Å². The fraction of sp³-hybridized carbons (Fsp3) is 0.136. The number of anilines is 1. The van der Waals surface area contributed by atoms with E-state index in [0.29, 0.717) is 0 Å². The van der Waals surface area contributed by atoms with Gasteiger partial charge in [0.25, 0.3) is 5.69 Å². The quantitative estimate of drug-likeness (QED) is 0.368. The predicted molar refractivity (Wildman–Crippen MR) is 122 cm³/mol. The molecule has 11 heteroatoms. The summed E-state index contributed by atoms with van der Waals surface area (Å²) in [5, 5.41) is 13.4. The lowest BCUT2D eigenvalue weighted by Crippen LogP contribution is -2.38. The summed E-state index contributed by atoms with van der Waals surface area (Å²) in [6.07, 6.45) is 0. The number of halogens is 2. The van der Waals surface area contributed by atoms with Crippen LogP contribution < -0.4 is 5.32 Å².